The molecule has 1 aliphatic carbocycles. The van der Waals surface area contributed by atoms with Crippen LogP contribution in [0.1, 0.15) is 85.4 Å². The summed E-state index contributed by atoms with van der Waals surface area (Å²) in [5, 5.41) is 16.0. The van der Waals surface area contributed by atoms with E-state index in [1.54, 1.807) is 30.3 Å². The van der Waals surface area contributed by atoms with Gasteiger partial charge in [-0.25, -0.2) is 0 Å². The van der Waals surface area contributed by atoms with Gasteiger partial charge < -0.3 is 15.3 Å². The van der Waals surface area contributed by atoms with Gasteiger partial charge in [-0.15, -0.1) is 0 Å². The van der Waals surface area contributed by atoms with Crippen molar-refractivity contribution in [2.24, 2.45) is 0 Å². The number of nitrogens with one attached hydrogen (secondary N) is 2. The third kappa shape index (κ3) is 5.53. The number of rotatable bonds is 9. The van der Waals surface area contributed by atoms with Gasteiger partial charge in [0, 0.05) is 22.2 Å². The molecule has 1 aliphatic heterocycles. The maximum atomic E-state index is 14.0. The lowest BCUT2D eigenvalue weighted by atomic mass is 9.95. The molecule has 192 valence electrons. The van der Waals surface area contributed by atoms with E-state index in [9.17, 15) is 14.4 Å². The van der Waals surface area contributed by atoms with Crippen LogP contribution in [0.25, 0.3) is 0 Å². The molecule has 2 aromatic rings. The van der Waals surface area contributed by atoms with Gasteiger partial charge >= 0.3 is 5.97 Å². The number of halogens is 2. The minimum atomic E-state index is -0.962. The van der Waals surface area contributed by atoms with Crippen LogP contribution in [0.3, 0.4) is 0 Å². The van der Waals surface area contributed by atoms with Crippen molar-refractivity contribution in [1.82, 2.24) is 15.5 Å². The van der Waals surface area contributed by atoms with Crippen LogP contribution in [0, 0.1) is 0 Å². The molecule has 1 spiro atoms. The topological polar surface area (TPSA) is 98.7 Å². The van der Waals surface area contributed by atoms with E-state index in [2.05, 4.69) is 17.6 Å². The van der Waals surface area contributed by atoms with Crippen LogP contribution in [0.4, 0.5) is 0 Å². The van der Waals surface area contributed by atoms with E-state index >= 15 is 0 Å². The first-order valence-corrected chi connectivity index (χ1v) is 13.2. The number of hydrogen-bond acceptors (Lipinski definition) is 4. The summed E-state index contributed by atoms with van der Waals surface area (Å²) in [5.41, 5.74) is 1.73. The fourth-order valence-corrected chi connectivity index (χ4v) is 6.02. The summed E-state index contributed by atoms with van der Waals surface area (Å²) in [6.45, 7) is 2.17. The molecule has 2 fully saturated rings. The highest BCUT2D eigenvalue weighted by Crippen LogP contribution is 2.47. The quantitative estimate of drug-likeness (QED) is 0.397. The van der Waals surface area contributed by atoms with E-state index in [1.165, 1.54) is 0 Å². The number of hydrogen-bond donors (Lipinski definition) is 3. The summed E-state index contributed by atoms with van der Waals surface area (Å²) >= 11 is 12.5. The Morgan fingerprint density at radius 3 is 2.36 bits per heavy atom. The Hall–Kier alpha value is -2.61. The maximum absolute atomic E-state index is 14.0. The van der Waals surface area contributed by atoms with E-state index < -0.39 is 17.7 Å². The highest BCUT2D eigenvalue weighted by Gasteiger charge is 2.54. The fourth-order valence-electron chi connectivity index (χ4n) is 5.47. The summed E-state index contributed by atoms with van der Waals surface area (Å²) in [5.74, 6) is -1.28. The van der Waals surface area contributed by atoms with E-state index in [1.807, 2.05) is 17.0 Å². The number of carboxylic acids is 1. The van der Waals surface area contributed by atoms with E-state index in [0.29, 0.717) is 15.6 Å². The first kappa shape index (κ1) is 26.5. The van der Waals surface area contributed by atoms with Crippen LogP contribution < -0.4 is 10.6 Å². The summed E-state index contributed by atoms with van der Waals surface area (Å²) in [6, 6.07) is 11.8. The Labute approximate surface area is 221 Å². The molecule has 7 nitrogen and oxygen atoms in total. The lowest BCUT2D eigenvalue weighted by molar-refractivity contribution is -0.137. The smallest absolute Gasteiger partial charge is 0.305 e. The van der Waals surface area contributed by atoms with Gasteiger partial charge in [0.15, 0.2) is 0 Å². The molecule has 0 bridgehead atoms. The zero-order valence-corrected chi connectivity index (χ0v) is 21.7. The summed E-state index contributed by atoms with van der Waals surface area (Å²) in [7, 11) is 0. The third-order valence-electron chi connectivity index (χ3n) is 7.06. The molecule has 0 aromatic heterocycles. The van der Waals surface area contributed by atoms with Crippen molar-refractivity contribution < 1.29 is 19.5 Å². The van der Waals surface area contributed by atoms with Gasteiger partial charge in [-0.3, -0.25) is 19.7 Å². The van der Waals surface area contributed by atoms with Gasteiger partial charge in [-0.2, -0.15) is 0 Å². The first-order valence-electron chi connectivity index (χ1n) is 12.4. The molecule has 1 saturated heterocycles. The molecule has 2 atom stereocenters. The molecule has 36 heavy (non-hydrogen) atoms. The normalized spacial score (nSPS) is 19.6. The molecule has 9 heteroatoms. The molecule has 2 aliphatic rings. The molecular weight excluding hydrogens is 501 g/mol. The molecular formula is C27H31Cl2N3O4. The fraction of sp³-hybridized carbons (Fsp3) is 0.444. The number of carbonyl (C=O) groups is 3. The minimum Gasteiger partial charge on any atom is -0.481 e. The number of carboxylic acid groups (broad SMARTS) is 1. The van der Waals surface area contributed by atoms with Crippen molar-refractivity contribution in [1.29, 1.82) is 0 Å². The van der Waals surface area contributed by atoms with Crippen molar-refractivity contribution in [2.45, 2.75) is 69.6 Å². The summed E-state index contributed by atoms with van der Waals surface area (Å²) < 4.78 is 0. The van der Waals surface area contributed by atoms with Gasteiger partial charge in [-0.1, -0.05) is 48.7 Å². The van der Waals surface area contributed by atoms with Crippen molar-refractivity contribution >= 4 is 41.0 Å². The Balaban J connectivity index is 1.62. The zero-order chi connectivity index (χ0) is 25.9. The molecule has 1 saturated carbocycles. The van der Waals surface area contributed by atoms with Crippen LogP contribution in [-0.2, 0) is 9.59 Å². The Bertz CT molecular complexity index is 1110. The zero-order valence-electron chi connectivity index (χ0n) is 20.2. The SMILES string of the molecule is CCCC(c1ccc(C(=O)NCCC(=O)O)cc1)N1C(=O)C(c2cc(Cl)cc(Cl)c2)NC12CCCC2. The highest BCUT2D eigenvalue weighted by atomic mass is 35.5. The molecule has 2 aromatic carbocycles. The lowest BCUT2D eigenvalue weighted by Gasteiger charge is -2.41. The molecule has 0 radical (unpaired) electrons. The standard InChI is InChI=1S/C27H31Cl2N3O4/c1-2-5-22(17-6-8-18(9-7-17)25(35)30-13-10-23(33)34)32-26(36)24(31-27(32)11-3-4-12-27)19-14-20(28)16-21(29)15-19/h6-9,14-16,22,24,31H,2-5,10-13H2,1H3,(H,30,35)(H,33,34). The number of amides is 2. The Morgan fingerprint density at radius 2 is 1.78 bits per heavy atom. The maximum Gasteiger partial charge on any atom is 0.305 e. The molecule has 2 unspecified atom stereocenters. The van der Waals surface area contributed by atoms with Gasteiger partial charge in [0.25, 0.3) is 5.91 Å². The van der Waals surface area contributed by atoms with Crippen molar-refractivity contribution in [3.05, 3.63) is 69.2 Å². The predicted octanol–water partition coefficient (Wildman–Crippen LogP) is 5.48. The lowest BCUT2D eigenvalue weighted by Crippen LogP contribution is -2.51. The number of aliphatic carboxylic acids is 1. The van der Waals surface area contributed by atoms with E-state index in [0.717, 1.165) is 49.7 Å². The Morgan fingerprint density at radius 1 is 1.14 bits per heavy atom. The highest BCUT2D eigenvalue weighted by molar-refractivity contribution is 6.34. The average Bonchev–Trinajstić information content (AvgIpc) is 3.41. The average molecular weight is 532 g/mol. The Kier molecular flexibility index (Phi) is 8.23. The van der Waals surface area contributed by atoms with E-state index in [4.69, 9.17) is 28.3 Å². The summed E-state index contributed by atoms with van der Waals surface area (Å²) in [6.07, 6.45) is 5.34. The monoisotopic (exact) mass is 531 g/mol. The molecule has 4 rings (SSSR count). The first-order chi connectivity index (χ1) is 17.2. The molecule has 2 amide bonds. The number of carbonyl (C=O) groups excluding carboxylic acids is 2. The second-order valence-electron chi connectivity index (χ2n) is 9.55. The second kappa shape index (κ2) is 11.2. The van der Waals surface area contributed by atoms with Crippen molar-refractivity contribution in [3.8, 4) is 0 Å². The van der Waals surface area contributed by atoms with Gasteiger partial charge in [-0.05, 0) is 73.6 Å². The second-order valence-corrected chi connectivity index (χ2v) is 10.4. The number of nitrogens with zero attached hydrogens (tertiary/aromatic N) is 1. The molecule has 3 N–H and O–H groups in total. The van der Waals surface area contributed by atoms with Crippen molar-refractivity contribution in [2.75, 3.05) is 6.54 Å². The largest absolute Gasteiger partial charge is 0.481 e. The van der Waals surface area contributed by atoms with Gasteiger partial charge in [0.1, 0.15) is 6.04 Å². The summed E-state index contributed by atoms with van der Waals surface area (Å²) in [4.78, 5) is 39.1. The predicted molar refractivity (Wildman–Crippen MR) is 139 cm³/mol. The van der Waals surface area contributed by atoms with Crippen LogP contribution >= 0.6 is 23.2 Å². The van der Waals surface area contributed by atoms with Gasteiger partial charge in [0.2, 0.25) is 5.91 Å². The number of benzene rings is 2. The minimum absolute atomic E-state index is 0.00386. The van der Waals surface area contributed by atoms with Crippen LogP contribution in [0.5, 0.6) is 0 Å². The van der Waals surface area contributed by atoms with Crippen LogP contribution in [0.2, 0.25) is 10.0 Å². The molecule has 1 heterocycles. The van der Waals surface area contributed by atoms with E-state index in [-0.39, 0.29) is 30.8 Å². The van der Waals surface area contributed by atoms with Crippen molar-refractivity contribution in [3.63, 3.8) is 0 Å². The third-order valence-corrected chi connectivity index (χ3v) is 7.50. The van der Waals surface area contributed by atoms with Crippen LogP contribution in [-0.4, -0.2) is 40.0 Å². The van der Waals surface area contributed by atoms with Crippen LogP contribution in [0.15, 0.2) is 42.5 Å². The van der Waals surface area contributed by atoms with Gasteiger partial charge in [0.05, 0.1) is 18.1 Å².